The van der Waals surface area contributed by atoms with Crippen molar-refractivity contribution >= 4 is 16.6 Å². The smallest absolute Gasteiger partial charge is 0.0934 e. The Balaban J connectivity index is 1.56. The van der Waals surface area contributed by atoms with Crippen LogP contribution >= 0.6 is 0 Å². The van der Waals surface area contributed by atoms with E-state index in [0.717, 1.165) is 29.9 Å². The summed E-state index contributed by atoms with van der Waals surface area (Å²) in [5.74, 6) is 0. The minimum Gasteiger partial charge on any atom is -0.335 e. The fraction of sp³-hybridized carbons (Fsp3) is 0.0741. The van der Waals surface area contributed by atoms with Crippen molar-refractivity contribution in [1.29, 1.82) is 0 Å². The molecule has 3 aromatic carbocycles. The molecule has 0 amide bonds. The molecular weight excluding hydrogens is 366 g/mol. The van der Waals surface area contributed by atoms with Crippen molar-refractivity contribution in [3.63, 3.8) is 0 Å². The number of para-hydroxylation sites is 1. The fourth-order valence-electron chi connectivity index (χ4n) is 4.39. The Labute approximate surface area is 175 Å². The molecule has 144 valence electrons. The molecule has 6 rings (SSSR count). The quantitative estimate of drug-likeness (QED) is 0.358. The largest absolute Gasteiger partial charge is 0.335 e. The van der Waals surface area contributed by atoms with Crippen LogP contribution in [0.1, 0.15) is 5.56 Å². The molecule has 0 saturated carbocycles. The van der Waals surface area contributed by atoms with E-state index in [1.54, 1.807) is 0 Å². The molecule has 0 fully saturated rings. The third kappa shape index (κ3) is 2.79. The van der Waals surface area contributed by atoms with Gasteiger partial charge in [0.15, 0.2) is 0 Å². The standard InChI is InChI=1S/C27H21N3/c1-3-9-20(10-4-1)17-23-15-16-29-25-14-8-7-13-22(25)18-26(29)27-19-24(28-30(23)27)21-11-5-2-6-12-21/h1-15,18-19H,16-17H2. The number of benzene rings is 3. The molecule has 0 atom stereocenters. The predicted molar refractivity (Wildman–Crippen MR) is 123 cm³/mol. The van der Waals surface area contributed by atoms with Crippen LogP contribution in [0, 0.1) is 0 Å². The van der Waals surface area contributed by atoms with E-state index in [4.69, 9.17) is 5.10 Å². The van der Waals surface area contributed by atoms with Crippen molar-refractivity contribution < 1.29 is 0 Å². The van der Waals surface area contributed by atoms with Gasteiger partial charge in [0.2, 0.25) is 0 Å². The summed E-state index contributed by atoms with van der Waals surface area (Å²) in [7, 11) is 0. The van der Waals surface area contributed by atoms with Crippen molar-refractivity contribution in [3.8, 4) is 22.6 Å². The molecule has 0 aliphatic carbocycles. The molecule has 30 heavy (non-hydrogen) atoms. The van der Waals surface area contributed by atoms with Gasteiger partial charge in [-0.2, -0.15) is 5.10 Å². The normalized spacial score (nSPS) is 12.9. The average Bonchev–Trinajstić information content (AvgIpc) is 3.37. The lowest BCUT2D eigenvalue weighted by molar-refractivity contribution is 0.876. The van der Waals surface area contributed by atoms with Crippen molar-refractivity contribution in [2.75, 3.05) is 0 Å². The lowest BCUT2D eigenvalue weighted by Crippen LogP contribution is -2.03. The third-order valence-corrected chi connectivity index (χ3v) is 5.86. The van der Waals surface area contributed by atoms with E-state index in [9.17, 15) is 0 Å². The van der Waals surface area contributed by atoms with Crippen molar-refractivity contribution in [1.82, 2.24) is 14.3 Å². The van der Waals surface area contributed by atoms with Gasteiger partial charge in [0, 0.05) is 35.1 Å². The molecule has 3 heteroatoms. The molecule has 0 unspecified atom stereocenters. The van der Waals surface area contributed by atoms with Gasteiger partial charge >= 0.3 is 0 Å². The van der Waals surface area contributed by atoms with Gasteiger partial charge in [-0.25, -0.2) is 4.68 Å². The Morgan fingerprint density at radius 3 is 2.30 bits per heavy atom. The van der Waals surface area contributed by atoms with Crippen molar-refractivity contribution in [2.45, 2.75) is 13.0 Å². The number of hydrogen-bond donors (Lipinski definition) is 0. The van der Waals surface area contributed by atoms with Crippen LogP contribution in [0.15, 0.2) is 103 Å². The van der Waals surface area contributed by atoms with E-state index in [1.165, 1.54) is 27.9 Å². The van der Waals surface area contributed by atoms with Gasteiger partial charge in [0.1, 0.15) is 0 Å². The zero-order chi connectivity index (χ0) is 19.9. The van der Waals surface area contributed by atoms with Gasteiger partial charge in [0.25, 0.3) is 0 Å². The number of fused-ring (bicyclic) bond motifs is 5. The lowest BCUT2D eigenvalue weighted by atomic mass is 10.1. The summed E-state index contributed by atoms with van der Waals surface area (Å²) >= 11 is 0. The maximum Gasteiger partial charge on any atom is 0.0934 e. The first-order chi connectivity index (χ1) is 14.9. The third-order valence-electron chi connectivity index (χ3n) is 5.86. The molecule has 1 aliphatic rings. The average molecular weight is 387 g/mol. The van der Waals surface area contributed by atoms with Gasteiger partial charge < -0.3 is 4.57 Å². The van der Waals surface area contributed by atoms with E-state index in [2.05, 4.69) is 106 Å². The number of aromatic nitrogens is 3. The highest BCUT2D eigenvalue weighted by molar-refractivity contribution is 5.88. The van der Waals surface area contributed by atoms with Crippen LogP contribution in [0.5, 0.6) is 0 Å². The molecule has 3 nitrogen and oxygen atoms in total. The van der Waals surface area contributed by atoms with Gasteiger partial charge in [0.05, 0.1) is 17.1 Å². The topological polar surface area (TPSA) is 22.8 Å². The van der Waals surface area contributed by atoms with Crippen LogP contribution in [0.2, 0.25) is 0 Å². The second kappa shape index (κ2) is 6.89. The van der Waals surface area contributed by atoms with Crippen LogP contribution in [0.4, 0.5) is 0 Å². The van der Waals surface area contributed by atoms with E-state index < -0.39 is 0 Å². The highest BCUT2D eigenvalue weighted by Gasteiger charge is 2.21. The minimum absolute atomic E-state index is 0.842. The summed E-state index contributed by atoms with van der Waals surface area (Å²) in [5, 5.41) is 6.33. The monoisotopic (exact) mass is 387 g/mol. The molecule has 2 aromatic heterocycles. The highest BCUT2D eigenvalue weighted by Crippen LogP contribution is 2.35. The van der Waals surface area contributed by atoms with Crippen molar-refractivity contribution in [2.24, 2.45) is 0 Å². The van der Waals surface area contributed by atoms with E-state index in [0.29, 0.717) is 0 Å². The summed E-state index contributed by atoms with van der Waals surface area (Å²) in [5.41, 5.74) is 8.27. The Hall–Kier alpha value is -3.85. The predicted octanol–water partition coefficient (Wildman–Crippen LogP) is 6.27. The van der Waals surface area contributed by atoms with Gasteiger partial charge in [-0.3, -0.25) is 0 Å². The number of hydrogen-bond acceptors (Lipinski definition) is 1. The van der Waals surface area contributed by atoms with Crippen LogP contribution in [-0.2, 0) is 13.0 Å². The molecule has 1 aliphatic heterocycles. The summed E-state index contributed by atoms with van der Waals surface area (Å²) in [6, 6.07) is 34.2. The molecule has 0 radical (unpaired) electrons. The Bertz CT molecular complexity index is 1370. The number of allylic oxidation sites excluding steroid dienone is 2. The first kappa shape index (κ1) is 17.0. The zero-order valence-corrected chi connectivity index (χ0v) is 16.6. The molecule has 0 bridgehead atoms. The van der Waals surface area contributed by atoms with Crippen LogP contribution in [0.3, 0.4) is 0 Å². The second-order valence-electron chi connectivity index (χ2n) is 7.75. The highest BCUT2D eigenvalue weighted by atomic mass is 15.3. The van der Waals surface area contributed by atoms with E-state index >= 15 is 0 Å². The number of nitrogens with zero attached hydrogens (tertiary/aromatic N) is 3. The molecule has 5 aromatic rings. The first-order valence-electron chi connectivity index (χ1n) is 10.3. The zero-order valence-electron chi connectivity index (χ0n) is 16.6. The lowest BCUT2D eigenvalue weighted by Gasteiger charge is -2.09. The van der Waals surface area contributed by atoms with Gasteiger partial charge in [-0.15, -0.1) is 0 Å². The maximum atomic E-state index is 5.06. The number of rotatable bonds is 3. The molecular formula is C27H21N3. The summed E-state index contributed by atoms with van der Waals surface area (Å²) in [6.45, 7) is 0.842. The van der Waals surface area contributed by atoms with E-state index in [1.807, 2.05) is 6.07 Å². The van der Waals surface area contributed by atoms with Crippen LogP contribution < -0.4 is 0 Å². The Morgan fingerprint density at radius 1 is 0.733 bits per heavy atom. The van der Waals surface area contributed by atoms with E-state index in [-0.39, 0.29) is 0 Å². The van der Waals surface area contributed by atoms with Gasteiger partial charge in [-0.05, 0) is 29.8 Å². The van der Waals surface area contributed by atoms with Crippen molar-refractivity contribution in [3.05, 3.63) is 109 Å². The summed E-state index contributed by atoms with van der Waals surface area (Å²) < 4.78 is 4.54. The SMILES string of the molecule is C1=C(Cc2ccccc2)n2nc(-c3ccccc3)cc2-c2cc3ccccc3n2C1. The minimum atomic E-state index is 0.842. The second-order valence-corrected chi connectivity index (χ2v) is 7.75. The van der Waals surface area contributed by atoms with Crippen LogP contribution in [0.25, 0.3) is 39.2 Å². The molecule has 3 heterocycles. The summed E-state index contributed by atoms with van der Waals surface area (Å²) in [6.07, 6.45) is 3.17. The molecule has 0 saturated heterocycles. The fourth-order valence-corrected chi connectivity index (χ4v) is 4.39. The maximum absolute atomic E-state index is 5.06. The molecule has 0 N–H and O–H groups in total. The van der Waals surface area contributed by atoms with Crippen LogP contribution in [-0.4, -0.2) is 14.3 Å². The van der Waals surface area contributed by atoms with Gasteiger partial charge in [-0.1, -0.05) is 78.9 Å². The Morgan fingerprint density at radius 2 is 1.47 bits per heavy atom. The summed E-state index contributed by atoms with van der Waals surface area (Å²) in [4.78, 5) is 0. The Kier molecular flexibility index (Phi) is 3.91. The first-order valence-corrected chi connectivity index (χ1v) is 10.3. The molecule has 0 spiro atoms.